The van der Waals surface area contributed by atoms with Crippen molar-refractivity contribution in [3.05, 3.63) is 11.4 Å². The van der Waals surface area contributed by atoms with Crippen LogP contribution in [0.3, 0.4) is 0 Å². The summed E-state index contributed by atoms with van der Waals surface area (Å²) in [7, 11) is 0. The molecule has 1 aromatic heterocycles. The summed E-state index contributed by atoms with van der Waals surface area (Å²) in [6.45, 7) is 4.36. The Labute approximate surface area is 111 Å². The Morgan fingerprint density at radius 2 is 1.84 bits per heavy atom. The van der Waals surface area contributed by atoms with E-state index < -0.39 is 11.9 Å². The van der Waals surface area contributed by atoms with E-state index in [4.69, 9.17) is 5.73 Å². The van der Waals surface area contributed by atoms with Crippen LogP contribution in [0.1, 0.15) is 44.0 Å². The summed E-state index contributed by atoms with van der Waals surface area (Å²) < 4.78 is 39.6. The molecule has 0 unspecified atom stereocenters. The second-order valence-corrected chi connectivity index (χ2v) is 5.65. The predicted octanol–water partition coefficient (Wildman–Crippen LogP) is 3.62. The summed E-state index contributed by atoms with van der Waals surface area (Å²) >= 11 is 0. The molecule has 108 valence electrons. The first-order valence-electron chi connectivity index (χ1n) is 6.69. The Morgan fingerprint density at radius 1 is 1.26 bits per heavy atom. The number of hydrogen-bond donors (Lipinski definition) is 1. The lowest BCUT2D eigenvalue weighted by atomic mass is 9.83. The fourth-order valence-corrected chi connectivity index (χ4v) is 2.70. The molecule has 3 nitrogen and oxygen atoms in total. The molecular weight excluding hydrogens is 255 g/mol. The number of halogens is 3. The van der Waals surface area contributed by atoms with E-state index >= 15 is 0 Å². The van der Waals surface area contributed by atoms with Gasteiger partial charge < -0.3 is 5.73 Å². The summed E-state index contributed by atoms with van der Waals surface area (Å²) in [5.74, 6) is 1.14. The zero-order chi connectivity index (χ0) is 14.2. The van der Waals surface area contributed by atoms with Crippen LogP contribution in [0.15, 0.2) is 0 Å². The molecule has 1 aromatic rings. The van der Waals surface area contributed by atoms with Gasteiger partial charge in [-0.2, -0.15) is 18.3 Å². The van der Waals surface area contributed by atoms with Gasteiger partial charge in [-0.25, -0.2) is 0 Å². The zero-order valence-corrected chi connectivity index (χ0v) is 11.3. The first-order valence-corrected chi connectivity index (χ1v) is 6.69. The summed E-state index contributed by atoms with van der Waals surface area (Å²) in [5, 5.41) is 3.66. The van der Waals surface area contributed by atoms with Crippen molar-refractivity contribution in [2.45, 2.75) is 52.3 Å². The lowest BCUT2D eigenvalue weighted by Gasteiger charge is -2.26. The molecule has 0 spiro atoms. The molecule has 0 saturated heterocycles. The van der Waals surface area contributed by atoms with Crippen LogP contribution in [0.5, 0.6) is 0 Å². The summed E-state index contributed by atoms with van der Waals surface area (Å²) in [6.07, 6.45) is -0.0657. The molecule has 0 atom stereocenters. The van der Waals surface area contributed by atoms with Gasteiger partial charge in [-0.1, -0.05) is 19.8 Å². The molecule has 6 heteroatoms. The molecule has 1 aliphatic rings. The van der Waals surface area contributed by atoms with Gasteiger partial charge in [0, 0.05) is 6.54 Å². The number of anilines is 1. The molecular formula is C13H20F3N3. The number of nitrogens with zero attached hydrogens (tertiary/aromatic N) is 2. The number of hydrogen-bond acceptors (Lipinski definition) is 2. The smallest absolute Gasteiger partial charge is 0.395 e. The van der Waals surface area contributed by atoms with Gasteiger partial charge in [0.15, 0.2) is 5.69 Å². The van der Waals surface area contributed by atoms with Gasteiger partial charge in [-0.05, 0) is 31.6 Å². The van der Waals surface area contributed by atoms with E-state index in [9.17, 15) is 13.2 Å². The van der Waals surface area contributed by atoms with Crippen molar-refractivity contribution in [1.82, 2.24) is 9.78 Å². The number of nitrogens with two attached hydrogens (primary N) is 1. The minimum absolute atomic E-state index is 0.239. The predicted molar refractivity (Wildman–Crippen MR) is 67.5 cm³/mol. The molecule has 0 radical (unpaired) electrons. The highest BCUT2D eigenvalue weighted by molar-refractivity contribution is 5.49. The van der Waals surface area contributed by atoms with Crippen LogP contribution in [0.4, 0.5) is 18.9 Å². The molecule has 1 fully saturated rings. The second kappa shape index (κ2) is 5.06. The fourth-order valence-electron chi connectivity index (χ4n) is 2.70. The monoisotopic (exact) mass is 275 g/mol. The van der Waals surface area contributed by atoms with E-state index in [1.807, 2.05) is 0 Å². The van der Waals surface area contributed by atoms with Crippen molar-refractivity contribution in [1.29, 1.82) is 0 Å². The van der Waals surface area contributed by atoms with E-state index in [1.54, 1.807) is 6.92 Å². The number of alkyl halides is 3. The highest BCUT2D eigenvalue weighted by atomic mass is 19.4. The topological polar surface area (TPSA) is 43.8 Å². The van der Waals surface area contributed by atoms with E-state index in [0.29, 0.717) is 18.2 Å². The van der Waals surface area contributed by atoms with Crippen molar-refractivity contribution < 1.29 is 13.2 Å². The maximum atomic E-state index is 12.7. The number of nitrogen functional groups attached to an aromatic ring is 1. The van der Waals surface area contributed by atoms with Gasteiger partial charge in [0.25, 0.3) is 0 Å². The zero-order valence-electron chi connectivity index (χ0n) is 11.3. The molecule has 1 heterocycles. The van der Waals surface area contributed by atoms with Gasteiger partial charge in [0.2, 0.25) is 0 Å². The minimum Gasteiger partial charge on any atom is -0.395 e. The quantitative estimate of drug-likeness (QED) is 0.895. The third-order valence-electron chi connectivity index (χ3n) is 4.09. The molecule has 0 bridgehead atoms. The summed E-state index contributed by atoms with van der Waals surface area (Å²) in [5.41, 5.74) is 4.75. The standard InChI is InChI=1S/C13H20F3N3/c1-8-3-5-10(6-4-8)7-19-9(2)11(17)12(18-19)13(14,15)16/h8,10H,3-7,17H2,1-2H3. The molecule has 2 rings (SSSR count). The second-order valence-electron chi connectivity index (χ2n) is 5.65. The van der Waals surface area contributed by atoms with Gasteiger partial charge in [0.1, 0.15) is 0 Å². The Balaban J connectivity index is 2.13. The van der Waals surface area contributed by atoms with Crippen LogP contribution in [0.2, 0.25) is 0 Å². The van der Waals surface area contributed by atoms with Crippen LogP contribution in [-0.4, -0.2) is 9.78 Å². The lowest BCUT2D eigenvalue weighted by Crippen LogP contribution is -2.19. The van der Waals surface area contributed by atoms with Gasteiger partial charge in [-0.15, -0.1) is 0 Å². The van der Waals surface area contributed by atoms with Crippen LogP contribution < -0.4 is 5.73 Å². The van der Waals surface area contributed by atoms with Gasteiger partial charge in [-0.3, -0.25) is 4.68 Å². The first-order chi connectivity index (χ1) is 8.79. The van der Waals surface area contributed by atoms with Crippen LogP contribution in [0.25, 0.3) is 0 Å². The maximum Gasteiger partial charge on any atom is 0.437 e. The van der Waals surface area contributed by atoms with Crippen molar-refractivity contribution in [2.75, 3.05) is 5.73 Å². The first kappa shape index (κ1) is 14.2. The fraction of sp³-hybridized carbons (Fsp3) is 0.769. The molecule has 19 heavy (non-hydrogen) atoms. The Morgan fingerprint density at radius 3 is 2.32 bits per heavy atom. The largest absolute Gasteiger partial charge is 0.437 e. The number of rotatable bonds is 2. The third-order valence-corrected chi connectivity index (χ3v) is 4.09. The minimum atomic E-state index is -4.47. The molecule has 1 saturated carbocycles. The normalized spacial score (nSPS) is 24.7. The van der Waals surface area contributed by atoms with Crippen molar-refractivity contribution in [3.63, 3.8) is 0 Å². The molecule has 0 aliphatic heterocycles. The van der Waals surface area contributed by atoms with E-state index in [-0.39, 0.29) is 5.69 Å². The van der Waals surface area contributed by atoms with Crippen LogP contribution in [-0.2, 0) is 12.7 Å². The lowest BCUT2D eigenvalue weighted by molar-refractivity contribution is -0.140. The highest BCUT2D eigenvalue weighted by Crippen LogP contribution is 2.35. The Bertz CT molecular complexity index is 443. The average Bonchev–Trinajstić information content (AvgIpc) is 2.60. The van der Waals surface area contributed by atoms with Gasteiger partial charge in [0.05, 0.1) is 11.4 Å². The highest BCUT2D eigenvalue weighted by Gasteiger charge is 2.38. The van der Waals surface area contributed by atoms with E-state index in [1.165, 1.54) is 4.68 Å². The van der Waals surface area contributed by atoms with E-state index in [0.717, 1.165) is 31.6 Å². The Kier molecular flexibility index (Phi) is 3.78. The molecule has 0 amide bonds. The molecule has 0 aromatic carbocycles. The van der Waals surface area contributed by atoms with E-state index in [2.05, 4.69) is 12.0 Å². The van der Waals surface area contributed by atoms with Crippen molar-refractivity contribution in [2.24, 2.45) is 11.8 Å². The number of aromatic nitrogens is 2. The van der Waals surface area contributed by atoms with Crippen LogP contribution >= 0.6 is 0 Å². The summed E-state index contributed by atoms with van der Waals surface area (Å²) in [6, 6.07) is 0. The Hall–Kier alpha value is -1.20. The van der Waals surface area contributed by atoms with Crippen molar-refractivity contribution >= 4 is 5.69 Å². The molecule has 1 aliphatic carbocycles. The van der Waals surface area contributed by atoms with Gasteiger partial charge >= 0.3 is 6.18 Å². The SMILES string of the molecule is Cc1c(N)c(C(F)(F)F)nn1CC1CCC(C)CC1. The molecule has 2 N–H and O–H groups in total. The van der Waals surface area contributed by atoms with Crippen LogP contribution in [0, 0.1) is 18.8 Å². The average molecular weight is 275 g/mol. The van der Waals surface area contributed by atoms with Crippen molar-refractivity contribution in [3.8, 4) is 0 Å². The summed E-state index contributed by atoms with van der Waals surface area (Å²) in [4.78, 5) is 0. The maximum absolute atomic E-state index is 12.7. The third kappa shape index (κ3) is 3.04.